The van der Waals surface area contributed by atoms with Gasteiger partial charge < -0.3 is 10.4 Å². The number of rotatable bonds is 2. The quantitative estimate of drug-likeness (QED) is 0.732. The molecule has 16 heavy (non-hydrogen) atoms. The maximum Gasteiger partial charge on any atom is 0.202 e. The first-order valence-electron chi connectivity index (χ1n) is 4.69. The number of hydrogen-bond donors (Lipinski definition) is 2. The number of aromatic hydroxyl groups is 1. The number of carbonyl (C=O) groups is 2. The van der Waals surface area contributed by atoms with E-state index in [0.717, 1.165) is 0 Å². The zero-order valence-corrected chi connectivity index (χ0v) is 8.31. The fourth-order valence-electron chi connectivity index (χ4n) is 1.35. The van der Waals surface area contributed by atoms with E-state index in [1.165, 1.54) is 30.4 Å². The van der Waals surface area contributed by atoms with Gasteiger partial charge in [-0.1, -0.05) is 6.07 Å². The van der Waals surface area contributed by atoms with Crippen LogP contribution in [-0.4, -0.2) is 16.7 Å². The number of carbonyl (C=O) groups excluding carboxylic acids is 2. The van der Waals surface area contributed by atoms with E-state index in [0.29, 0.717) is 5.69 Å². The predicted octanol–water partition coefficient (Wildman–Crippen LogP) is 1.40. The van der Waals surface area contributed by atoms with Gasteiger partial charge in [-0.05, 0) is 24.3 Å². The lowest BCUT2D eigenvalue weighted by Gasteiger charge is -2.10. The molecular weight excluding hydrogens is 206 g/mol. The van der Waals surface area contributed by atoms with Crippen LogP contribution in [-0.2, 0) is 9.59 Å². The Labute approximate surface area is 91.9 Å². The Morgan fingerprint density at radius 3 is 2.69 bits per heavy atom. The molecule has 1 aliphatic rings. The van der Waals surface area contributed by atoms with Crippen molar-refractivity contribution in [2.45, 2.75) is 0 Å². The van der Waals surface area contributed by atoms with Gasteiger partial charge in [-0.2, -0.15) is 0 Å². The summed E-state index contributed by atoms with van der Waals surface area (Å²) in [6.45, 7) is 0. The molecule has 2 rings (SSSR count). The standard InChI is InChI=1S/C12H9NO3/c14-9-3-1-2-8(6-9)13-11-7-10(15)4-5-12(11)16/h1-7,13-14H. The summed E-state index contributed by atoms with van der Waals surface area (Å²) in [4.78, 5) is 22.5. The normalized spacial score (nSPS) is 14.9. The van der Waals surface area contributed by atoms with Crippen LogP contribution in [0, 0.1) is 0 Å². The molecule has 0 unspecified atom stereocenters. The van der Waals surface area contributed by atoms with E-state index in [2.05, 4.69) is 5.32 Å². The first-order chi connectivity index (χ1) is 7.65. The highest BCUT2D eigenvalue weighted by Gasteiger charge is 2.12. The van der Waals surface area contributed by atoms with Crippen molar-refractivity contribution in [2.24, 2.45) is 0 Å². The van der Waals surface area contributed by atoms with Crippen molar-refractivity contribution in [1.82, 2.24) is 0 Å². The largest absolute Gasteiger partial charge is 0.508 e. The number of phenols is 1. The first kappa shape index (κ1) is 10.2. The van der Waals surface area contributed by atoms with Gasteiger partial charge in [0.15, 0.2) is 5.78 Å². The number of ketones is 2. The van der Waals surface area contributed by atoms with E-state index in [1.807, 2.05) is 0 Å². The molecule has 1 aromatic carbocycles. The van der Waals surface area contributed by atoms with Gasteiger partial charge in [0.05, 0.1) is 5.70 Å². The van der Waals surface area contributed by atoms with E-state index >= 15 is 0 Å². The average Bonchev–Trinajstić information content (AvgIpc) is 2.24. The molecule has 0 amide bonds. The van der Waals surface area contributed by atoms with E-state index < -0.39 is 0 Å². The van der Waals surface area contributed by atoms with Crippen molar-refractivity contribution in [2.75, 3.05) is 5.32 Å². The van der Waals surface area contributed by atoms with Gasteiger partial charge in [-0.3, -0.25) is 9.59 Å². The molecule has 1 aliphatic carbocycles. The van der Waals surface area contributed by atoms with Crippen LogP contribution < -0.4 is 5.32 Å². The third-order valence-electron chi connectivity index (χ3n) is 2.08. The van der Waals surface area contributed by atoms with Gasteiger partial charge in [0, 0.05) is 17.8 Å². The van der Waals surface area contributed by atoms with Gasteiger partial charge in [0.25, 0.3) is 0 Å². The van der Waals surface area contributed by atoms with Crippen molar-refractivity contribution in [3.8, 4) is 5.75 Å². The second-order valence-electron chi connectivity index (χ2n) is 3.33. The number of phenolic OH excluding ortho intramolecular Hbond substituents is 1. The highest BCUT2D eigenvalue weighted by molar-refractivity contribution is 6.18. The Kier molecular flexibility index (Phi) is 2.55. The van der Waals surface area contributed by atoms with Crippen LogP contribution in [0.1, 0.15) is 0 Å². The summed E-state index contributed by atoms with van der Waals surface area (Å²) in [6.07, 6.45) is 3.66. The van der Waals surface area contributed by atoms with Crippen molar-refractivity contribution >= 4 is 17.3 Å². The zero-order valence-electron chi connectivity index (χ0n) is 8.31. The van der Waals surface area contributed by atoms with Gasteiger partial charge in [-0.25, -0.2) is 0 Å². The summed E-state index contributed by atoms with van der Waals surface area (Å²) in [5.41, 5.74) is 0.765. The Bertz CT molecular complexity index is 515. The third kappa shape index (κ3) is 2.17. The molecular formula is C12H9NO3. The molecule has 80 valence electrons. The van der Waals surface area contributed by atoms with Crippen LogP contribution >= 0.6 is 0 Å². The van der Waals surface area contributed by atoms with Crippen LogP contribution in [0.4, 0.5) is 5.69 Å². The fourth-order valence-corrected chi connectivity index (χ4v) is 1.35. The van der Waals surface area contributed by atoms with Gasteiger partial charge in [-0.15, -0.1) is 0 Å². The monoisotopic (exact) mass is 215 g/mol. The molecule has 0 spiro atoms. The minimum atomic E-state index is -0.261. The molecule has 2 N–H and O–H groups in total. The van der Waals surface area contributed by atoms with E-state index in [-0.39, 0.29) is 23.0 Å². The molecule has 4 nitrogen and oxygen atoms in total. The average molecular weight is 215 g/mol. The third-order valence-corrected chi connectivity index (χ3v) is 2.08. The molecule has 0 radical (unpaired) electrons. The van der Waals surface area contributed by atoms with Gasteiger partial charge >= 0.3 is 0 Å². The van der Waals surface area contributed by atoms with Crippen molar-refractivity contribution in [3.63, 3.8) is 0 Å². The minimum absolute atomic E-state index is 0.0933. The van der Waals surface area contributed by atoms with E-state index in [4.69, 9.17) is 0 Å². The Balaban J connectivity index is 2.22. The number of benzene rings is 1. The lowest BCUT2D eigenvalue weighted by atomic mass is 10.1. The molecule has 0 aliphatic heterocycles. The number of nitrogens with one attached hydrogen (secondary N) is 1. The molecule has 0 saturated heterocycles. The summed E-state index contributed by atoms with van der Waals surface area (Å²) in [6, 6.07) is 6.32. The van der Waals surface area contributed by atoms with Crippen LogP contribution in [0.2, 0.25) is 0 Å². The minimum Gasteiger partial charge on any atom is -0.508 e. The van der Waals surface area contributed by atoms with Crippen LogP contribution in [0.3, 0.4) is 0 Å². The summed E-state index contributed by atoms with van der Waals surface area (Å²) < 4.78 is 0. The Morgan fingerprint density at radius 1 is 1.12 bits per heavy atom. The van der Waals surface area contributed by atoms with Crippen LogP contribution in [0.15, 0.2) is 48.2 Å². The number of hydrogen-bond acceptors (Lipinski definition) is 4. The molecule has 1 aromatic rings. The first-order valence-corrected chi connectivity index (χ1v) is 4.69. The molecule has 0 heterocycles. The molecule has 0 bridgehead atoms. The zero-order chi connectivity index (χ0) is 11.5. The van der Waals surface area contributed by atoms with Crippen LogP contribution in [0.5, 0.6) is 5.75 Å². The van der Waals surface area contributed by atoms with Crippen molar-refractivity contribution < 1.29 is 14.7 Å². The van der Waals surface area contributed by atoms with Gasteiger partial charge in [0.1, 0.15) is 5.75 Å². The second-order valence-corrected chi connectivity index (χ2v) is 3.33. The summed E-state index contributed by atoms with van der Waals surface area (Å²) in [7, 11) is 0. The maximum atomic E-state index is 11.4. The van der Waals surface area contributed by atoms with Crippen LogP contribution in [0.25, 0.3) is 0 Å². The van der Waals surface area contributed by atoms with E-state index in [1.54, 1.807) is 12.1 Å². The smallest absolute Gasteiger partial charge is 0.202 e. The molecule has 0 aromatic heterocycles. The highest BCUT2D eigenvalue weighted by Crippen LogP contribution is 2.18. The topological polar surface area (TPSA) is 66.4 Å². The Hall–Kier alpha value is -2.36. The summed E-state index contributed by atoms with van der Waals surface area (Å²) in [5, 5.41) is 12.0. The Morgan fingerprint density at radius 2 is 1.94 bits per heavy atom. The lowest BCUT2D eigenvalue weighted by molar-refractivity contribution is -0.114. The molecule has 4 heteroatoms. The molecule has 0 saturated carbocycles. The fraction of sp³-hybridized carbons (Fsp3) is 0. The summed E-state index contributed by atoms with van der Waals surface area (Å²) >= 11 is 0. The number of allylic oxidation sites excluding steroid dienone is 3. The SMILES string of the molecule is O=C1C=CC(=O)C(Nc2cccc(O)c2)=C1. The van der Waals surface area contributed by atoms with E-state index in [9.17, 15) is 14.7 Å². The number of anilines is 1. The van der Waals surface area contributed by atoms with Gasteiger partial charge in [0.2, 0.25) is 5.78 Å². The maximum absolute atomic E-state index is 11.4. The van der Waals surface area contributed by atoms with Crippen molar-refractivity contribution in [1.29, 1.82) is 0 Å². The highest BCUT2D eigenvalue weighted by atomic mass is 16.3. The molecule has 0 fully saturated rings. The summed E-state index contributed by atoms with van der Waals surface area (Å²) in [5.74, 6) is -0.402. The van der Waals surface area contributed by atoms with Crippen molar-refractivity contribution in [3.05, 3.63) is 48.2 Å². The lowest BCUT2D eigenvalue weighted by Crippen LogP contribution is -2.14. The molecule has 0 atom stereocenters. The predicted molar refractivity (Wildman–Crippen MR) is 59.0 cm³/mol. The second kappa shape index (κ2) is 4.02.